The Morgan fingerprint density at radius 2 is 2.13 bits per heavy atom. The van der Waals surface area contributed by atoms with Gasteiger partial charge in [-0.2, -0.15) is 5.26 Å². The maximum atomic E-state index is 13.5. The molecule has 2 rings (SSSR count). The minimum atomic E-state index is -0.505. The van der Waals surface area contributed by atoms with E-state index < -0.39 is 5.82 Å². The molecular weight excluding hydrogens is 212 g/mol. The lowest BCUT2D eigenvalue weighted by Gasteiger charge is -2.03. The van der Waals surface area contributed by atoms with Gasteiger partial charge in [-0.1, -0.05) is 5.46 Å². The SMILES string of the molecule is [B]c1cc(F)c2sc(N)c(C#N)c2c1N. The maximum Gasteiger partial charge on any atom is 0.140 e. The summed E-state index contributed by atoms with van der Waals surface area (Å²) in [6.07, 6.45) is 0. The summed E-state index contributed by atoms with van der Waals surface area (Å²) >= 11 is 0.998. The Balaban J connectivity index is 3.06. The van der Waals surface area contributed by atoms with Crippen molar-refractivity contribution in [1.29, 1.82) is 5.26 Å². The van der Waals surface area contributed by atoms with Crippen molar-refractivity contribution in [1.82, 2.24) is 0 Å². The van der Waals surface area contributed by atoms with Crippen LogP contribution in [0.3, 0.4) is 0 Å². The third-order valence-electron chi connectivity index (χ3n) is 2.13. The highest BCUT2D eigenvalue weighted by molar-refractivity contribution is 7.23. The largest absolute Gasteiger partial charge is 0.399 e. The quantitative estimate of drug-likeness (QED) is 0.507. The Kier molecular flexibility index (Phi) is 2.05. The Morgan fingerprint density at radius 3 is 2.73 bits per heavy atom. The standard InChI is InChI=1S/C9H5BFN3S/c10-4-1-5(11)8-6(7(4)13)3(2-12)9(14)15-8/h1H,13-14H2. The Hall–Kier alpha value is -1.74. The molecule has 0 fully saturated rings. The van der Waals surface area contributed by atoms with Crippen LogP contribution >= 0.6 is 11.3 Å². The number of nitriles is 1. The van der Waals surface area contributed by atoms with Crippen molar-refractivity contribution in [3.8, 4) is 6.07 Å². The topological polar surface area (TPSA) is 75.8 Å². The Labute approximate surface area is 90.5 Å². The highest BCUT2D eigenvalue weighted by atomic mass is 32.1. The summed E-state index contributed by atoms with van der Waals surface area (Å²) < 4.78 is 13.7. The van der Waals surface area contributed by atoms with Crippen LogP contribution in [-0.4, -0.2) is 7.85 Å². The monoisotopic (exact) mass is 217 g/mol. The van der Waals surface area contributed by atoms with Gasteiger partial charge in [0.2, 0.25) is 0 Å². The smallest absolute Gasteiger partial charge is 0.140 e. The highest BCUT2D eigenvalue weighted by Gasteiger charge is 2.16. The van der Waals surface area contributed by atoms with Crippen molar-refractivity contribution >= 4 is 45.4 Å². The van der Waals surface area contributed by atoms with Crippen molar-refractivity contribution in [2.24, 2.45) is 0 Å². The molecule has 2 aromatic rings. The lowest BCUT2D eigenvalue weighted by atomic mass is 9.91. The molecule has 0 atom stereocenters. The molecular formula is C9H5BFN3S. The van der Waals surface area contributed by atoms with Crippen LogP contribution in [0, 0.1) is 17.1 Å². The summed E-state index contributed by atoms with van der Waals surface area (Å²) in [5, 5.41) is 9.44. The third kappa shape index (κ3) is 1.24. The van der Waals surface area contributed by atoms with E-state index in [4.69, 9.17) is 24.6 Å². The normalized spacial score (nSPS) is 10.4. The molecule has 0 unspecified atom stereocenters. The number of halogens is 1. The van der Waals surface area contributed by atoms with Crippen LogP contribution in [-0.2, 0) is 0 Å². The number of hydrogen-bond acceptors (Lipinski definition) is 4. The average molecular weight is 217 g/mol. The van der Waals surface area contributed by atoms with Gasteiger partial charge in [-0.25, -0.2) is 4.39 Å². The van der Waals surface area contributed by atoms with Gasteiger partial charge in [0, 0.05) is 11.1 Å². The van der Waals surface area contributed by atoms with Crippen LogP contribution in [0.15, 0.2) is 6.07 Å². The number of nitrogens with zero attached hydrogens (tertiary/aromatic N) is 1. The molecule has 0 saturated heterocycles. The molecule has 0 aliphatic rings. The van der Waals surface area contributed by atoms with Crippen LogP contribution in [0.1, 0.15) is 5.56 Å². The van der Waals surface area contributed by atoms with Gasteiger partial charge in [0.05, 0.1) is 10.3 Å². The van der Waals surface area contributed by atoms with E-state index in [0.717, 1.165) is 17.4 Å². The molecule has 0 bridgehead atoms. The van der Waals surface area contributed by atoms with Crippen molar-refractivity contribution in [3.05, 3.63) is 17.4 Å². The maximum absolute atomic E-state index is 13.5. The summed E-state index contributed by atoms with van der Waals surface area (Å²) in [6.45, 7) is 0. The van der Waals surface area contributed by atoms with Crippen molar-refractivity contribution < 1.29 is 4.39 Å². The molecule has 0 saturated carbocycles. The minimum Gasteiger partial charge on any atom is -0.399 e. The summed E-state index contributed by atoms with van der Waals surface area (Å²) in [7, 11) is 5.51. The van der Waals surface area contributed by atoms with Gasteiger partial charge < -0.3 is 11.5 Å². The predicted octanol–water partition coefficient (Wildman–Crippen LogP) is 0.870. The van der Waals surface area contributed by atoms with Crippen LogP contribution in [0.25, 0.3) is 10.1 Å². The fourth-order valence-corrected chi connectivity index (χ4v) is 2.35. The van der Waals surface area contributed by atoms with Gasteiger partial charge in [0.1, 0.15) is 24.7 Å². The molecule has 3 nitrogen and oxygen atoms in total. The number of nitrogens with two attached hydrogens (primary N) is 2. The van der Waals surface area contributed by atoms with Gasteiger partial charge in [-0.3, -0.25) is 0 Å². The summed E-state index contributed by atoms with van der Waals surface area (Å²) in [6, 6.07) is 3.03. The Morgan fingerprint density at radius 1 is 1.47 bits per heavy atom. The van der Waals surface area contributed by atoms with E-state index >= 15 is 0 Å². The second kappa shape index (κ2) is 3.14. The summed E-state index contributed by atoms with van der Waals surface area (Å²) in [4.78, 5) is 0. The zero-order chi connectivity index (χ0) is 11.2. The summed E-state index contributed by atoms with van der Waals surface area (Å²) in [5.41, 5.74) is 11.8. The molecule has 1 heterocycles. The van der Waals surface area contributed by atoms with Gasteiger partial charge in [0.15, 0.2) is 0 Å². The van der Waals surface area contributed by atoms with Crippen LogP contribution in [0.4, 0.5) is 15.1 Å². The molecule has 0 aliphatic heterocycles. The van der Waals surface area contributed by atoms with Gasteiger partial charge in [-0.15, -0.1) is 11.3 Å². The van der Waals surface area contributed by atoms with Gasteiger partial charge >= 0.3 is 0 Å². The van der Waals surface area contributed by atoms with Gasteiger partial charge in [-0.05, 0) is 6.07 Å². The molecule has 1 aromatic carbocycles. The predicted molar refractivity (Wildman–Crippen MR) is 60.7 cm³/mol. The first-order valence-corrected chi connectivity index (χ1v) is 4.83. The third-order valence-corrected chi connectivity index (χ3v) is 3.15. The molecule has 0 amide bonds. The zero-order valence-corrected chi connectivity index (χ0v) is 8.36. The fourth-order valence-electron chi connectivity index (χ4n) is 1.41. The van der Waals surface area contributed by atoms with Gasteiger partial charge in [0.25, 0.3) is 0 Å². The number of hydrogen-bond donors (Lipinski definition) is 2. The first kappa shape index (κ1) is 9.81. The van der Waals surface area contributed by atoms with E-state index in [1.165, 1.54) is 0 Å². The van der Waals surface area contributed by atoms with E-state index in [0.29, 0.717) is 5.39 Å². The number of anilines is 2. The fraction of sp³-hybridized carbons (Fsp3) is 0. The van der Waals surface area contributed by atoms with Crippen LogP contribution in [0.5, 0.6) is 0 Å². The molecule has 2 radical (unpaired) electrons. The van der Waals surface area contributed by atoms with Crippen LogP contribution < -0.4 is 16.9 Å². The number of thiophene rings is 1. The molecule has 0 spiro atoms. The van der Waals surface area contributed by atoms with Crippen molar-refractivity contribution in [3.63, 3.8) is 0 Å². The van der Waals surface area contributed by atoms with Crippen molar-refractivity contribution in [2.75, 3.05) is 11.5 Å². The molecule has 72 valence electrons. The van der Waals surface area contributed by atoms with E-state index in [9.17, 15) is 4.39 Å². The minimum absolute atomic E-state index is 0.120. The second-order valence-corrected chi connectivity index (χ2v) is 4.07. The first-order valence-electron chi connectivity index (χ1n) is 4.01. The molecule has 0 aliphatic carbocycles. The van der Waals surface area contributed by atoms with E-state index in [-0.39, 0.29) is 26.4 Å². The lowest BCUT2D eigenvalue weighted by Crippen LogP contribution is -2.11. The lowest BCUT2D eigenvalue weighted by molar-refractivity contribution is 0.643. The molecule has 15 heavy (non-hydrogen) atoms. The summed E-state index contributed by atoms with van der Waals surface area (Å²) in [5.74, 6) is -0.505. The van der Waals surface area contributed by atoms with E-state index in [2.05, 4.69) is 0 Å². The van der Waals surface area contributed by atoms with E-state index in [1.54, 1.807) is 0 Å². The van der Waals surface area contributed by atoms with Crippen LogP contribution in [0.2, 0.25) is 0 Å². The highest BCUT2D eigenvalue weighted by Crippen LogP contribution is 2.37. The average Bonchev–Trinajstić information content (AvgIpc) is 2.52. The number of benzene rings is 1. The number of fused-ring (bicyclic) bond motifs is 1. The number of nitrogen functional groups attached to an aromatic ring is 2. The Bertz CT molecular complexity index is 600. The molecule has 4 N–H and O–H groups in total. The number of rotatable bonds is 0. The first-order chi connectivity index (χ1) is 7.06. The second-order valence-electron chi connectivity index (χ2n) is 3.02. The zero-order valence-electron chi connectivity index (χ0n) is 7.54. The van der Waals surface area contributed by atoms with E-state index in [1.807, 2.05) is 6.07 Å². The van der Waals surface area contributed by atoms with Crippen molar-refractivity contribution in [2.45, 2.75) is 0 Å². The molecule has 1 aromatic heterocycles. The molecule has 6 heteroatoms.